The van der Waals surface area contributed by atoms with Crippen molar-refractivity contribution in [3.05, 3.63) is 0 Å². The van der Waals surface area contributed by atoms with Crippen molar-refractivity contribution in [2.45, 2.75) is 45.3 Å². The van der Waals surface area contributed by atoms with Gasteiger partial charge in [0.25, 0.3) is 0 Å². The van der Waals surface area contributed by atoms with Crippen LogP contribution in [0.4, 0.5) is 0 Å². The van der Waals surface area contributed by atoms with Crippen LogP contribution in [0, 0.1) is 0 Å². The maximum atomic E-state index is 11.7. The summed E-state index contributed by atoms with van der Waals surface area (Å²) in [6, 6.07) is 0. The van der Waals surface area contributed by atoms with Crippen molar-refractivity contribution in [1.82, 2.24) is 0 Å². The van der Waals surface area contributed by atoms with Gasteiger partial charge >= 0.3 is 11.9 Å². The number of carboxylic acids is 1. The van der Waals surface area contributed by atoms with Crippen molar-refractivity contribution in [3.63, 3.8) is 0 Å². The molecule has 0 radical (unpaired) electrons. The molecule has 0 fully saturated rings. The van der Waals surface area contributed by atoms with Crippen molar-refractivity contribution in [2.24, 2.45) is 5.73 Å². The highest BCUT2D eigenvalue weighted by Crippen LogP contribution is 2.16. The summed E-state index contributed by atoms with van der Waals surface area (Å²) < 4.78 is 4.95. The Bertz CT molecular complexity index is 321. The highest BCUT2D eigenvalue weighted by molar-refractivity contribution is 7.80. The molecular formula is C10H17NO4S. The molecule has 3 N–H and O–H groups in total. The zero-order valence-corrected chi connectivity index (χ0v) is 10.7. The lowest BCUT2D eigenvalue weighted by atomic mass is 9.94. The van der Waals surface area contributed by atoms with Gasteiger partial charge in [-0.15, -0.1) is 0 Å². The van der Waals surface area contributed by atoms with Crippen molar-refractivity contribution >= 4 is 29.0 Å². The van der Waals surface area contributed by atoms with E-state index in [1.807, 2.05) is 0 Å². The number of hydrogen-bond acceptors (Lipinski definition) is 5. The van der Waals surface area contributed by atoms with Crippen molar-refractivity contribution < 1.29 is 19.4 Å². The van der Waals surface area contributed by atoms with Gasteiger partial charge in [0.2, 0.25) is 5.54 Å². The SMILES string of the molecule is CCC(=S)C(N)(C(=O)O)C(=O)OC(C)(C)C. The molecule has 0 saturated carbocycles. The topological polar surface area (TPSA) is 89.6 Å². The number of carbonyl (C=O) groups is 2. The first-order valence-corrected chi connectivity index (χ1v) is 5.25. The highest BCUT2D eigenvalue weighted by atomic mass is 32.1. The number of aliphatic carboxylic acids is 1. The molecule has 6 heteroatoms. The van der Waals surface area contributed by atoms with Gasteiger partial charge in [0.05, 0.1) is 0 Å². The van der Waals surface area contributed by atoms with E-state index in [2.05, 4.69) is 0 Å². The second-order valence-electron chi connectivity index (χ2n) is 4.39. The van der Waals surface area contributed by atoms with Gasteiger partial charge in [-0.1, -0.05) is 19.1 Å². The van der Waals surface area contributed by atoms with E-state index in [1.54, 1.807) is 27.7 Å². The van der Waals surface area contributed by atoms with Crippen LogP contribution in [0.25, 0.3) is 0 Å². The molecular weight excluding hydrogens is 230 g/mol. The van der Waals surface area contributed by atoms with Gasteiger partial charge in [-0.25, -0.2) is 9.59 Å². The van der Waals surface area contributed by atoms with E-state index in [0.717, 1.165) is 0 Å². The summed E-state index contributed by atoms with van der Waals surface area (Å²) in [5.74, 6) is -2.52. The fraction of sp³-hybridized carbons (Fsp3) is 0.700. The number of ether oxygens (including phenoxy) is 1. The van der Waals surface area contributed by atoms with Gasteiger partial charge < -0.3 is 15.6 Å². The largest absolute Gasteiger partial charge is 0.479 e. The first-order valence-electron chi connectivity index (χ1n) is 4.84. The first-order chi connectivity index (χ1) is 7.05. The van der Waals surface area contributed by atoms with Gasteiger partial charge in [-0.05, 0) is 27.2 Å². The minimum absolute atomic E-state index is 0.0470. The Labute approximate surface area is 100.0 Å². The lowest BCUT2D eigenvalue weighted by molar-refractivity contribution is -0.165. The molecule has 0 aromatic carbocycles. The van der Waals surface area contributed by atoms with Gasteiger partial charge in [0, 0.05) is 4.86 Å². The molecule has 1 unspecified atom stereocenters. The number of hydrogen-bond donors (Lipinski definition) is 2. The molecule has 92 valence electrons. The van der Waals surface area contributed by atoms with Crippen molar-refractivity contribution in [3.8, 4) is 0 Å². The smallest absolute Gasteiger partial charge is 0.343 e. The molecule has 0 heterocycles. The Morgan fingerprint density at radius 3 is 2.06 bits per heavy atom. The predicted molar refractivity (Wildman–Crippen MR) is 63.3 cm³/mol. The van der Waals surface area contributed by atoms with Crippen molar-refractivity contribution in [2.75, 3.05) is 0 Å². The fourth-order valence-electron chi connectivity index (χ4n) is 0.958. The maximum Gasteiger partial charge on any atom is 0.343 e. The molecule has 16 heavy (non-hydrogen) atoms. The van der Waals surface area contributed by atoms with Gasteiger partial charge in [0.1, 0.15) is 5.60 Å². The third-order valence-corrected chi connectivity index (χ3v) is 2.43. The Balaban J connectivity index is 5.16. The third-order valence-electron chi connectivity index (χ3n) is 1.82. The van der Waals surface area contributed by atoms with Crippen LogP contribution in [0.3, 0.4) is 0 Å². The molecule has 0 spiro atoms. The van der Waals surface area contributed by atoms with Gasteiger partial charge in [0.15, 0.2) is 0 Å². The lowest BCUT2D eigenvalue weighted by Gasteiger charge is -2.28. The number of esters is 1. The quantitative estimate of drug-likeness (QED) is 0.435. The molecule has 0 bridgehead atoms. The summed E-state index contributed by atoms with van der Waals surface area (Å²) in [6.45, 7) is 6.52. The molecule has 0 rings (SSSR count). The lowest BCUT2D eigenvalue weighted by Crippen LogP contribution is -2.62. The van der Waals surface area contributed by atoms with Crippen LogP contribution in [0.15, 0.2) is 0 Å². The predicted octanol–water partition coefficient (Wildman–Crippen LogP) is 0.890. The van der Waals surface area contributed by atoms with Gasteiger partial charge in [-0.2, -0.15) is 0 Å². The molecule has 0 aliphatic heterocycles. The van der Waals surface area contributed by atoms with Crippen LogP contribution in [-0.4, -0.2) is 33.0 Å². The minimum atomic E-state index is -2.24. The monoisotopic (exact) mass is 247 g/mol. The second-order valence-corrected chi connectivity index (χ2v) is 4.88. The second kappa shape index (κ2) is 4.88. The number of thiocarbonyl (C=S) groups is 1. The molecule has 0 aliphatic carbocycles. The molecule has 5 nitrogen and oxygen atoms in total. The average Bonchev–Trinajstić information content (AvgIpc) is 2.11. The van der Waals surface area contributed by atoms with Gasteiger partial charge in [-0.3, -0.25) is 0 Å². The summed E-state index contributed by atoms with van der Waals surface area (Å²) in [7, 11) is 0. The third kappa shape index (κ3) is 3.24. The Hall–Kier alpha value is -1.01. The van der Waals surface area contributed by atoms with Crippen LogP contribution < -0.4 is 5.73 Å². The average molecular weight is 247 g/mol. The van der Waals surface area contributed by atoms with E-state index in [0.29, 0.717) is 0 Å². The summed E-state index contributed by atoms with van der Waals surface area (Å²) in [6.07, 6.45) is 0.220. The van der Waals surface area contributed by atoms with Crippen LogP contribution in [0.2, 0.25) is 0 Å². The highest BCUT2D eigenvalue weighted by Gasteiger charge is 2.48. The maximum absolute atomic E-state index is 11.7. The number of rotatable bonds is 4. The number of carbonyl (C=O) groups excluding carboxylic acids is 1. The van der Waals surface area contributed by atoms with Crippen LogP contribution in [-0.2, 0) is 14.3 Å². The fourth-order valence-corrected chi connectivity index (χ4v) is 1.13. The van der Waals surface area contributed by atoms with E-state index in [9.17, 15) is 9.59 Å². The van der Waals surface area contributed by atoms with E-state index in [1.165, 1.54) is 0 Å². The molecule has 0 aliphatic rings. The molecule has 0 amide bonds. The summed E-state index contributed by atoms with van der Waals surface area (Å²) in [4.78, 5) is 22.7. The zero-order valence-electron chi connectivity index (χ0n) is 9.86. The minimum Gasteiger partial charge on any atom is -0.479 e. The van der Waals surface area contributed by atoms with Crippen LogP contribution in [0.5, 0.6) is 0 Å². The molecule has 0 saturated heterocycles. The Morgan fingerprint density at radius 1 is 1.38 bits per heavy atom. The summed E-state index contributed by atoms with van der Waals surface area (Å²) >= 11 is 4.83. The zero-order chi connectivity index (χ0) is 13.1. The number of nitrogens with two attached hydrogens (primary N) is 1. The molecule has 1 atom stereocenters. The molecule has 0 aromatic rings. The van der Waals surface area contributed by atoms with E-state index in [-0.39, 0.29) is 11.3 Å². The first kappa shape index (κ1) is 15.0. The van der Waals surface area contributed by atoms with E-state index >= 15 is 0 Å². The Kier molecular flexibility index (Phi) is 4.57. The number of carboxylic acid groups (broad SMARTS) is 1. The van der Waals surface area contributed by atoms with E-state index in [4.69, 9.17) is 27.8 Å². The normalized spacial score (nSPS) is 15.1. The summed E-state index contributed by atoms with van der Waals surface area (Å²) in [5.41, 5.74) is 2.49. The standard InChI is InChI=1S/C10H17NO4S/c1-5-6(16)10(11,7(12)13)8(14)15-9(2,3)4/h5,11H2,1-4H3,(H,12,13). The Morgan fingerprint density at radius 2 is 1.81 bits per heavy atom. The molecule has 0 aromatic heterocycles. The van der Waals surface area contributed by atoms with Crippen LogP contribution in [0.1, 0.15) is 34.1 Å². The van der Waals surface area contributed by atoms with E-state index < -0.39 is 23.1 Å². The van der Waals surface area contributed by atoms with Crippen molar-refractivity contribution in [1.29, 1.82) is 0 Å². The summed E-state index contributed by atoms with van der Waals surface area (Å²) in [5, 5.41) is 8.99. The van der Waals surface area contributed by atoms with Crippen LogP contribution >= 0.6 is 12.2 Å².